The highest BCUT2D eigenvalue weighted by molar-refractivity contribution is 5.94. The number of nitrogens with zero attached hydrogens (tertiary/aromatic N) is 2. The molecule has 8 N–H and O–H groups in total. The van der Waals surface area contributed by atoms with Crippen molar-refractivity contribution in [1.29, 1.82) is 0 Å². The SMILES string of the molecule is NCCN(CCN)C(=O)C[C@H](N)C(=O)N[C@@H](CC1CCNCC1)C(=O)Cc1cnc2ccccc2c1. The average Bonchev–Trinajstić information content (AvgIpc) is 2.88. The van der Waals surface area contributed by atoms with Crippen molar-refractivity contribution in [2.45, 2.75) is 44.2 Å². The van der Waals surface area contributed by atoms with Gasteiger partial charge in [0.15, 0.2) is 5.78 Å². The van der Waals surface area contributed by atoms with Crippen LogP contribution in [-0.4, -0.2) is 78.8 Å². The quantitative estimate of drug-likeness (QED) is 0.251. The fraction of sp³-hybridized carbons (Fsp3) is 0.538. The molecule has 3 rings (SSSR count). The number of nitrogens with two attached hydrogens (primary N) is 3. The Morgan fingerprint density at radius 3 is 2.50 bits per heavy atom. The van der Waals surface area contributed by atoms with Crippen LogP contribution in [0.15, 0.2) is 36.5 Å². The van der Waals surface area contributed by atoms with Crippen molar-refractivity contribution in [3.63, 3.8) is 0 Å². The summed E-state index contributed by atoms with van der Waals surface area (Å²) in [5.41, 5.74) is 18.9. The zero-order valence-corrected chi connectivity index (χ0v) is 20.8. The largest absolute Gasteiger partial charge is 0.345 e. The van der Waals surface area contributed by atoms with Gasteiger partial charge in [-0.25, -0.2) is 0 Å². The molecule has 0 spiro atoms. The smallest absolute Gasteiger partial charge is 0.238 e. The van der Waals surface area contributed by atoms with Gasteiger partial charge in [0.05, 0.1) is 24.0 Å². The number of amides is 2. The Morgan fingerprint density at radius 1 is 1.11 bits per heavy atom. The molecule has 1 aliphatic rings. The third-order valence-corrected chi connectivity index (χ3v) is 6.64. The van der Waals surface area contributed by atoms with Crippen molar-refractivity contribution in [2.24, 2.45) is 23.1 Å². The molecule has 2 heterocycles. The number of carbonyl (C=O) groups excluding carboxylic acids is 3. The normalized spacial score (nSPS) is 15.9. The summed E-state index contributed by atoms with van der Waals surface area (Å²) in [4.78, 5) is 44.9. The standard InChI is InChI=1S/C26H39N7O3/c27-7-11-33(12-8-28)25(35)16-21(29)26(36)32-23(14-18-5-9-30-10-6-18)24(34)15-19-13-20-3-1-2-4-22(20)31-17-19/h1-4,13,17-18,21,23,30H,5-12,14-16,27-29H2,(H,32,36)/t21-,23-/m0/s1. The summed E-state index contributed by atoms with van der Waals surface area (Å²) >= 11 is 0. The lowest BCUT2D eigenvalue weighted by molar-refractivity contribution is -0.135. The number of para-hydroxylation sites is 1. The van der Waals surface area contributed by atoms with Crippen LogP contribution < -0.4 is 27.8 Å². The second kappa shape index (κ2) is 14.0. The molecule has 0 saturated carbocycles. The number of piperidine rings is 1. The zero-order valence-electron chi connectivity index (χ0n) is 20.8. The van der Waals surface area contributed by atoms with Gasteiger partial charge in [0.2, 0.25) is 11.8 Å². The Kier molecular flexibility index (Phi) is 10.7. The maximum atomic E-state index is 13.4. The highest BCUT2D eigenvalue weighted by Crippen LogP contribution is 2.20. The van der Waals surface area contributed by atoms with Crippen LogP contribution >= 0.6 is 0 Å². The van der Waals surface area contributed by atoms with Crippen molar-refractivity contribution < 1.29 is 14.4 Å². The lowest BCUT2D eigenvalue weighted by Crippen LogP contribution is -2.51. The summed E-state index contributed by atoms with van der Waals surface area (Å²) in [6, 6.07) is 7.94. The summed E-state index contributed by atoms with van der Waals surface area (Å²) in [6.45, 7) is 3.07. The van der Waals surface area contributed by atoms with E-state index in [-0.39, 0.29) is 24.5 Å². The summed E-state index contributed by atoms with van der Waals surface area (Å²) in [5, 5.41) is 7.14. The van der Waals surface area contributed by atoms with E-state index in [1.165, 1.54) is 4.90 Å². The number of Topliss-reactive ketones (excluding diaryl/α,β-unsaturated/α-hetero) is 1. The van der Waals surface area contributed by atoms with Gasteiger partial charge in [-0.1, -0.05) is 18.2 Å². The Balaban J connectivity index is 1.67. The molecule has 1 fully saturated rings. The summed E-state index contributed by atoms with van der Waals surface area (Å²) in [5.74, 6) is -0.562. The maximum Gasteiger partial charge on any atom is 0.238 e. The van der Waals surface area contributed by atoms with Gasteiger partial charge in [0, 0.05) is 44.2 Å². The Bertz CT molecular complexity index is 1020. The van der Waals surface area contributed by atoms with Crippen LogP contribution in [0.2, 0.25) is 0 Å². The van der Waals surface area contributed by atoms with Crippen molar-refractivity contribution in [1.82, 2.24) is 20.5 Å². The van der Waals surface area contributed by atoms with E-state index in [9.17, 15) is 14.4 Å². The second-order valence-corrected chi connectivity index (χ2v) is 9.44. The monoisotopic (exact) mass is 497 g/mol. The highest BCUT2D eigenvalue weighted by atomic mass is 16.2. The highest BCUT2D eigenvalue weighted by Gasteiger charge is 2.29. The number of hydrogen-bond acceptors (Lipinski definition) is 8. The molecule has 0 bridgehead atoms. The Hall–Kier alpha value is -2.92. The van der Waals surface area contributed by atoms with Crippen molar-refractivity contribution in [3.05, 3.63) is 42.1 Å². The number of nitrogens with one attached hydrogen (secondary N) is 2. The number of rotatable bonds is 13. The van der Waals surface area contributed by atoms with Gasteiger partial charge in [-0.2, -0.15) is 0 Å². The first-order chi connectivity index (χ1) is 17.4. The van der Waals surface area contributed by atoms with E-state index in [0.29, 0.717) is 38.5 Å². The van der Waals surface area contributed by atoms with E-state index in [2.05, 4.69) is 15.6 Å². The average molecular weight is 498 g/mol. The molecule has 1 aromatic carbocycles. The molecule has 10 nitrogen and oxygen atoms in total. The number of aromatic nitrogens is 1. The van der Waals surface area contributed by atoms with Gasteiger partial charge in [-0.15, -0.1) is 0 Å². The third kappa shape index (κ3) is 8.06. The number of carbonyl (C=O) groups is 3. The van der Waals surface area contributed by atoms with Gasteiger partial charge in [0.1, 0.15) is 0 Å². The molecule has 1 aliphatic heterocycles. The van der Waals surface area contributed by atoms with Crippen LogP contribution in [-0.2, 0) is 20.8 Å². The number of pyridine rings is 1. The molecule has 0 unspecified atom stereocenters. The fourth-order valence-electron chi connectivity index (χ4n) is 4.62. The summed E-state index contributed by atoms with van der Waals surface area (Å²) in [7, 11) is 0. The first-order valence-electron chi connectivity index (χ1n) is 12.7. The minimum absolute atomic E-state index is 0.0922. The van der Waals surface area contributed by atoms with E-state index < -0.39 is 18.0 Å². The van der Waals surface area contributed by atoms with Crippen molar-refractivity contribution in [3.8, 4) is 0 Å². The van der Waals surface area contributed by atoms with E-state index >= 15 is 0 Å². The molecule has 196 valence electrons. The molecule has 2 atom stereocenters. The molecule has 0 radical (unpaired) electrons. The van der Waals surface area contributed by atoms with Gasteiger partial charge < -0.3 is 32.7 Å². The minimum atomic E-state index is -1.07. The number of hydrogen-bond donors (Lipinski definition) is 5. The molecular formula is C26H39N7O3. The van der Waals surface area contributed by atoms with Crippen molar-refractivity contribution >= 4 is 28.5 Å². The molecule has 10 heteroatoms. The molecule has 1 aromatic heterocycles. The second-order valence-electron chi connectivity index (χ2n) is 9.44. The first-order valence-corrected chi connectivity index (χ1v) is 12.7. The molecular weight excluding hydrogens is 458 g/mol. The van der Waals surface area contributed by atoms with E-state index in [4.69, 9.17) is 17.2 Å². The molecule has 1 saturated heterocycles. The molecule has 2 amide bonds. The minimum Gasteiger partial charge on any atom is -0.345 e. The van der Waals surface area contributed by atoms with Gasteiger partial charge >= 0.3 is 0 Å². The number of ketones is 1. The van der Waals surface area contributed by atoms with Crippen LogP contribution in [0.1, 0.15) is 31.2 Å². The van der Waals surface area contributed by atoms with E-state index in [1.54, 1.807) is 6.20 Å². The van der Waals surface area contributed by atoms with Crippen molar-refractivity contribution in [2.75, 3.05) is 39.3 Å². The molecule has 0 aliphatic carbocycles. The maximum absolute atomic E-state index is 13.4. The van der Waals surface area contributed by atoms with Crippen LogP contribution in [0, 0.1) is 5.92 Å². The van der Waals surface area contributed by atoms with E-state index in [1.807, 2.05) is 30.3 Å². The van der Waals surface area contributed by atoms with E-state index in [0.717, 1.165) is 42.4 Å². The van der Waals surface area contributed by atoms with Gasteiger partial charge in [-0.05, 0) is 56.0 Å². The van der Waals surface area contributed by atoms with Crippen LogP contribution in [0.4, 0.5) is 0 Å². The predicted molar refractivity (Wildman–Crippen MR) is 140 cm³/mol. The number of benzene rings is 1. The topological polar surface area (TPSA) is 169 Å². The van der Waals surface area contributed by atoms with Crippen LogP contribution in [0.3, 0.4) is 0 Å². The lowest BCUT2D eigenvalue weighted by atomic mass is 9.88. The zero-order chi connectivity index (χ0) is 25.9. The fourth-order valence-corrected chi connectivity index (χ4v) is 4.62. The third-order valence-electron chi connectivity index (χ3n) is 6.64. The lowest BCUT2D eigenvalue weighted by Gasteiger charge is -2.28. The first kappa shape index (κ1) is 27.7. The van der Waals surface area contributed by atoms with Gasteiger partial charge in [-0.3, -0.25) is 19.4 Å². The predicted octanol–water partition coefficient (Wildman–Crippen LogP) is -0.316. The summed E-state index contributed by atoms with van der Waals surface area (Å²) in [6.07, 6.45) is 4.11. The van der Waals surface area contributed by atoms with Gasteiger partial charge in [0.25, 0.3) is 0 Å². The van der Waals surface area contributed by atoms with Crippen LogP contribution in [0.25, 0.3) is 10.9 Å². The molecule has 36 heavy (non-hydrogen) atoms. The molecule has 2 aromatic rings. The Morgan fingerprint density at radius 2 is 1.81 bits per heavy atom. The number of fused-ring (bicyclic) bond motifs is 1. The Labute approximate surface area is 212 Å². The van der Waals surface area contributed by atoms with Crippen LogP contribution in [0.5, 0.6) is 0 Å². The summed E-state index contributed by atoms with van der Waals surface area (Å²) < 4.78 is 0.